The van der Waals surface area contributed by atoms with Crippen LogP contribution in [0.25, 0.3) is 0 Å². The molecule has 1 atom stereocenters. The van der Waals surface area contributed by atoms with Crippen LogP contribution in [0, 0.1) is 6.92 Å². The molecule has 102 valence electrons. The zero-order valence-electron chi connectivity index (χ0n) is 11.2. The van der Waals surface area contributed by atoms with E-state index in [1.165, 1.54) is 0 Å². The third-order valence-electron chi connectivity index (χ3n) is 3.20. The molecule has 0 radical (unpaired) electrons. The van der Waals surface area contributed by atoms with Gasteiger partial charge in [0.05, 0.1) is 22.5 Å². The fourth-order valence-electron chi connectivity index (χ4n) is 1.92. The lowest BCUT2D eigenvalue weighted by Gasteiger charge is -2.27. The van der Waals surface area contributed by atoms with Gasteiger partial charge in [-0.1, -0.05) is 18.5 Å². The maximum absolute atomic E-state index is 11.4. The molecule has 0 saturated heterocycles. The van der Waals surface area contributed by atoms with Gasteiger partial charge in [-0.15, -0.1) is 0 Å². The molecule has 1 aromatic rings. The number of nitrogens with one attached hydrogen (secondary N) is 1. The number of primary amides is 1. The second kappa shape index (κ2) is 6.20. The molecule has 3 N–H and O–H groups in total. The molecular formula is C12H21ClN4O. The Hall–Kier alpha value is -1.07. The minimum atomic E-state index is -0.653. The first-order chi connectivity index (χ1) is 8.40. The number of rotatable bonds is 7. The van der Waals surface area contributed by atoms with Crippen LogP contribution < -0.4 is 11.1 Å². The van der Waals surface area contributed by atoms with Gasteiger partial charge in [-0.2, -0.15) is 5.10 Å². The fourth-order valence-corrected chi connectivity index (χ4v) is 2.06. The lowest BCUT2D eigenvalue weighted by molar-refractivity contribution is -0.124. The van der Waals surface area contributed by atoms with Gasteiger partial charge in [-0.25, -0.2) is 0 Å². The lowest BCUT2D eigenvalue weighted by atomic mass is 9.95. The second-order valence-electron chi connectivity index (χ2n) is 4.63. The molecule has 5 nitrogen and oxygen atoms in total. The van der Waals surface area contributed by atoms with E-state index < -0.39 is 5.54 Å². The van der Waals surface area contributed by atoms with Crippen LogP contribution in [0.4, 0.5) is 0 Å². The van der Waals surface area contributed by atoms with Crippen LogP contribution in [0.1, 0.15) is 32.4 Å². The van der Waals surface area contributed by atoms with Crippen molar-refractivity contribution in [2.75, 3.05) is 6.54 Å². The Kier molecular flexibility index (Phi) is 5.16. The molecule has 0 aliphatic carbocycles. The molecule has 0 aliphatic rings. The molecule has 0 fully saturated rings. The zero-order chi connectivity index (χ0) is 13.8. The number of amides is 1. The molecule has 1 rings (SSSR count). The average molecular weight is 273 g/mol. The van der Waals surface area contributed by atoms with Crippen LogP contribution in [-0.4, -0.2) is 27.8 Å². The van der Waals surface area contributed by atoms with Gasteiger partial charge in [0.2, 0.25) is 5.91 Å². The number of aromatic nitrogens is 2. The Balaban J connectivity index is 2.54. The Bertz CT molecular complexity index is 418. The fraction of sp³-hybridized carbons (Fsp3) is 0.667. The van der Waals surface area contributed by atoms with Crippen molar-refractivity contribution in [2.45, 2.75) is 45.7 Å². The number of halogens is 1. The normalized spacial score (nSPS) is 14.4. The maximum atomic E-state index is 11.4. The van der Waals surface area contributed by atoms with Crippen molar-refractivity contribution in [3.05, 3.63) is 16.9 Å². The van der Waals surface area contributed by atoms with Crippen molar-refractivity contribution in [2.24, 2.45) is 5.73 Å². The number of nitrogens with zero attached hydrogens (tertiary/aromatic N) is 2. The number of likely N-dealkylation sites (N-methyl/N-ethyl adjacent to an activating group) is 1. The van der Waals surface area contributed by atoms with E-state index in [2.05, 4.69) is 10.4 Å². The van der Waals surface area contributed by atoms with Gasteiger partial charge >= 0.3 is 0 Å². The molecule has 0 bridgehead atoms. The van der Waals surface area contributed by atoms with Gasteiger partial charge in [-0.3, -0.25) is 9.48 Å². The highest BCUT2D eigenvalue weighted by Crippen LogP contribution is 2.16. The minimum Gasteiger partial charge on any atom is -0.368 e. The van der Waals surface area contributed by atoms with Gasteiger partial charge in [0, 0.05) is 6.54 Å². The van der Waals surface area contributed by atoms with E-state index >= 15 is 0 Å². The van der Waals surface area contributed by atoms with Crippen molar-refractivity contribution in [3.63, 3.8) is 0 Å². The molecule has 0 spiro atoms. The highest BCUT2D eigenvalue weighted by molar-refractivity contribution is 6.31. The summed E-state index contributed by atoms with van der Waals surface area (Å²) in [6.07, 6.45) is 3.12. The smallest absolute Gasteiger partial charge is 0.237 e. The van der Waals surface area contributed by atoms with E-state index in [0.717, 1.165) is 18.7 Å². The molecule has 0 saturated carbocycles. The average Bonchev–Trinajstić information content (AvgIpc) is 2.61. The minimum absolute atomic E-state index is 0.320. The molecule has 18 heavy (non-hydrogen) atoms. The number of carbonyl (C=O) groups excluding carboxylic acids is 1. The maximum Gasteiger partial charge on any atom is 0.237 e. The number of hydrogen-bond acceptors (Lipinski definition) is 3. The molecule has 1 amide bonds. The van der Waals surface area contributed by atoms with Crippen LogP contribution in [0.15, 0.2) is 6.20 Å². The summed E-state index contributed by atoms with van der Waals surface area (Å²) in [6, 6.07) is 0. The van der Waals surface area contributed by atoms with Crippen LogP contribution >= 0.6 is 11.6 Å². The predicted octanol–water partition coefficient (Wildman–Crippen LogP) is 1.48. The topological polar surface area (TPSA) is 72.9 Å². The third-order valence-corrected chi connectivity index (χ3v) is 3.57. The van der Waals surface area contributed by atoms with Crippen molar-refractivity contribution >= 4 is 17.5 Å². The number of nitrogens with two attached hydrogens (primary N) is 1. The van der Waals surface area contributed by atoms with E-state index in [4.69, 9.17) is 17.3 Å². The van der Waals surface area contributed by atoms with E-state index in [9.17, 15) is 4.79 Å². The van der Waals surface area contributed by atoms with Gasteiger partial charge in [0.15, 0.2) is 0 Å². The van der Waals surface area contributed by atoms with Gasteiger partial charge < -0.3 is 11.1 Å². The molecule has 1 aromatic heterocycles. The van der Waals surface area contributed by atoms with Gasteiger partial charge in [0.25, 0.3) is 0 Å². The molecular weight excluding hydrogens is 252 g/mol. The van der Waals surface area contributed by atoms with E-state index in [1.807, 2.05) is 25.5 Å². The second-order valence-corrected chi connectivity index (χ2v) is 5.04. The molecule has 1 unspecified atom stereocenters. The molecule has 1 heterocycles. The molecule has 0 aliphatic heterocycles. The van der Waals surface area contributed by atoms with E-state index in [-0.39, 0.29) is 5.91 Å². The van der Waals surface area contributed by atoms with Gasteiger partial charge in [-0.05, 0) is 33.2 Å². The van der Waals surface area contributed by atoms with Crippen molar-refractivity contribution in [3.8, 4) is 0 Å². The number of carbonyl (C=O) groups is 1. The summed E-state index contributed by atoms with van der Waals surface area (Å²) in [5.41, 5.74) is 5.72. The lowest BCUT2D eigenvalue weighted by Crippen LogP contribution is -2.53. The van der Waals surface area contributed by atoms with Crippen LogP contribution in [0.2, 0.25) is 5.02 Å². The van der Waals surface area contributed by atoms with Crippen molar-refractivity contribution in [1.29, 1.82) is 0 Å². The molecule has 0 aromatic carbocycles. The Morgan fingerprint density at radius 1 is 1.67 bits per heavy atom. The number of aryl methyl sites for hydroxylation is 1. The summed E-state index contributed by atoms with van der Waals surface area (Å²) in [5.74, 6) is -0.320. The first-order valence-electron chi connectivity index (χ1n) is 6.13. The SMILES string of the molecule is CCNC(C)(CCCn1ncc(Cl)c1C)C(N)=O. The Morgan fingerprint density at radius 2 is 2.33 bits per heavy atom. The van der Waals surface area contributed by atoms with E-state index in [1.54, 1.807) is 6.20 Å². The summed E-state index contributed by atoms with van der Waals surface area (Å²) >= 11 is 5.93. The van der Waals surface area contributed by atoms with Gasteiger partial charge in [0.1, 0.15) is 0 Å². The predicted molar refractivity (Wildman–Crippen MR) is 72.5 cm³/mol. The van der Waals surface area contributed by atoms with Crippen LogP contribution in [0.3, 0.4) is 0 Å². The van der Waals surface area contributed by atoms with Crippen LogP contribution in [0.5, 0.6) is 0 Å². The Labute approximate surface area is 113 Å². The summed E-state index contributed by atoms with van der Waals surface area (Å²) in [7, 11) is 0. The summed E-state index contributed by atoms with van der Waals surface area (Å²) in [6.45, 7) is 7.16. The molecule has 6 heteroatoms. The van der Waals surface area contributed by atoms with Crippen molar-refractivity contribution < 1.29 is 4.79 Å². The third kappa shape index (κ3) is 3.46. The zero-order valence-corrected chi connectivity index (χ0v) is 11.9. The Morgan fingerprint density at radius 3 is 2.78 bits per heavy atom. The quantitative estimate of drug-likeness (QED) is 0.790. The highest BCUT2D eigenvalue weighted by Gasteiger charge is 2.29. The summed E-state index contributed by atoms with van der Waals surface area (Å²) < 4.78 is 1.84. The standard InChI is InChI=1S/C12H21ClN4O/c1-4-15-12(3,11(14)18)6-5-7-17-9(2)10(13)8-16-17/h8,15H,4-7H2,1-3H3,(H2,14,18). The monoisotopic (exact) mass is 272 g/mol. The first-order valence-corrected chi connectivity index (χ1v) is 6.51. The largest absolute Gasteiger partial charge is 0.368 e. The van der Waals surface area contributed by atoms with Crippen molar-refractivity contribution in [1.82, 2.24) is 15.1 Å². The summed E-state index contributed by atoms with van der Waals surface area (Å²) in [4.78, 5) is 11.4. The summed E-state index contributed by atoms with van der Waals surface area (Å²) in [5, 5.41) is 7.97. The van der Waals surface area contributed by atoms with E-state index in [0.29, 0.717) is 18.0 Å². The number of hydrogen-bond donors (Lipinski definition) is 2. The highest BCUT2D eigenvalue weighted by atomic mass is 35.5. The van der Waals surface area contributed by atoms with Crippen LogP contribution in [-0.2, 0) is 11.3 Å². The first kappa shape index (κ1) is 15.0.